The second-order valence-corrected chi connectivity index (χ2v) is 3.18. The lowest BCUT2D eigenvalue weighted by Crippen LogP contribution is -2.27. The van der Waals surface area contributed by atoms with Crippen LogP contribution in [0.15, 0.2) is 0 Å². The largest absolute Gasteiger partial charge is 0.455 e. The monoisotopic (exact) mass is 156 g/mol. The van der Waals surface area contributed by atoms with Gasteiger partial charge in [-0.15, -0.1) is 0 Å². The van der Waals surface area contributed by atoms with Crippen LogP contribution in [0.3, 0.4) is 0 Å². The summed E-state index contributed by atoms with van der Waals surface area (Å²) < 4.78 is 5.46. The van der Waals surface area contributed by atoms with E-state index in [9.17, 15) is 0 Å². The molecular formula is C9H18NO-. The number of rotatable bonds is 4. The molecule has 1 heterocycles. The highest BCUT2D eigenvalue weighted by molar-refractivity contribution is 4.77. The van der Waals surface area contributed by atoms with Crippen molar-refractivity contribution in [3.05, 3.63) is 7.05 Å². The zero-order valence-electron chi connectivity index (χ0n) is 7.38. The molecule has 0 aromatic carbocycles. The van der Waals surface area contributed by atoms with E-state index in [4.69, 9.17) is 4.74 Å². The van der Waals surface area contributed by atoms with Gasteiger partial charge >= 0.3 is 0 Å². The van der Waals surface area contributed by atoms with Gasteiger partial charge in [0.1, 0.15) is 0 Å². The molecule has 66 valence electrons. The number of hydrogen-bond acceptors (Lipinski definition) is 2. The zero-order chi connectivity index (χ0) is 8.10. The second-order valence-electron chi connectivity index (χ2n) is 3.18. The lowest BCUT2D eigenvalue weighted by atomic mass is 10.2. The summed E-state index contributed by atoms with van der Waals surface area (Å²) in [5.41, 5.74) is 0. The molecule has 2 nitrogen and oxygen atoms in total. The highest BCUT2D eigenvalue weighted by Crippen LogP contribution is 2.15. The molecule has 1 saturated heterocycles. The van der Waals surface area contributed by atoms with Crippen molar-refractivity contribution in [2.75, 3.05) is 19.8 Å². The van der Waals surface area contributed by atoms with E-state index in [0.717, 1.165) is 26.2 Å². The molecule has 0 aliphatic carbocycles. The second kappa shape index (κ2) is 4.73. The van der Waals surface area contributed by atoms with Crippen molar-refractivity contribution in [1.29, 1.82) is 0 Å². The minimum Gasteiger partial charge on any atom is -0.455 e. The van der Waals surface area contributed by atoms with Crippen molar-refractivity contribution in [2.45, 2.75) is 32.2 Å². The summed E-state index contributed by atoms with van der Waals surface area (Å²) in [6.45, 7) is 5.04. The summed E-state index contributed by atoms with van der Waals surface area (Å²) in [5.74, 6) is 0. The third-order valence-corrected chi connectivity index (χ3v) is 2.16. The topological polar surface area (TPSA) is 12.5 Å². The van der Waals surface area contributed by atoms with Crippen molar-refractivity contribution in [1.82, 2.24) is 4.90 Å². The minimum atomic E-state index is 0.585. The molecule has 0 spiro atoms. The van der Waals surface area contributed by atoms with Crippen LogP contribution < -0.4 is 0 Å². The Hall–Kier alpha value is -0.0800. The first-order valence-electron chi connectivity index (χ1n) is 4.49. The van der Waals surface area contributed by atoms with E-state index in [1.165, 1.54) is 12.8 Å². The summed E-state index contributed by atoms with van der Waals surface area (Å²) in [7, 11) is 3.95. The van der Waals surface area contributed by atoms with Crippen LogP contribution in [0.5, 0.6) is 0 Å². The summed E-state index contributed by atoms with van der Waals surface area (Å²) in [5, 5.41) is 0. The molecule has 2 heteroatoms. The van der Waals surface area contributed by atoms with Gasteiger partial charge in [0.25, 0.3) is 0 Å². The van der Waals surface area contributed by atoms with Crippen molar-refractivity contribution in [2.24, 2.45) is 0 Å². The average molecular weight is 156 g/mol. The quantitative estimate of drug-likeness (QED) is 0.453. The normalized spacial score (nSPS) is 26.2. The van der Waals surface area contributed by atoms with Gasteiger partial charge in [0, 0.05) is 12.6 Å². The number of nitrogens with zero attached hydrogens (tertiary/aromatic N) is 1. The molecule has 0 N–H and O–H groups in total. The van der Waals surface area contributed by atoms with Crippen LogP contribution in [0.1, 0.15) is 26.2 Å². The first kappa shape index (κ1) is 9.01. The third-order valence-electron chi connectivity index (χ3n) is 2.16. The fraction of sp³-hybridized carbons (Fsp3) is 0.889. The predicted molar refractivity (Wildman–Crippen MR) is 46.2 cm³/mol. The van der Waals surface area contributed by atoms with Crippen LogP contribution in [0.2, 0.25) is 0 Å². The van der Waals surface area contributed by atoms with Crippen molar-refractivity contribution < 1.29 is 4.74 Å². The number of ether oxygens (including phenoxy) is 1. The minimum absolute atomic E-state index is 0.585. The molecule has 1 atom stereocenters. The maximum atomic E-state index is 5.46. The molecule has 11 heavy (non-hydrogen) atoms. The maximum Gasteiger partial charge on any atom is 0.0598 e. The summed E-state index contributed by atoms with van der Waals surface area (Å²) >= 11 is 0. The van der Waals surface area contributed by atoms with Crippen LogP contribution >= 0.6 is 0 Å². The number of hydrogen-bond donors (Lipinski definition) is 0. The molecule has 0 radical (unpaired) electrons. The van der Waals surface area contributed by atoms with Gasteiger partial charge < -0.3 is 9.64 Å². The Kier molecular flexibility index (Phi) is 3.87. The van der Waals surface area contributed by atoms with Crippen LogP contribution in [-0.2, 0) is 4.74 Å². The van der Waals surface area contributed by atoms with E-state index < -0.39 is 0 Å². The van der Waals surface area contributed by atoms with Crippen LogP contribution in [0, 0.1) is 7.05 Å². The SMILES string of the molecule is [CH2-]N1CCC[C@H]1COCCC. The Bertz CT molecular complexity index is 106. The Morgan fingerprint density at radius 1 is 1.64 bits per heavy atom. The summed E-state index contributed by atoms with van der Waals surface area (Å²) in [6.07, 6.45) is 3.65. The Balaban J connectivity index is 2.05. The first-order chi connectivity index (χ1) is 5.34. The fourth-order valence-corrected chi connectivity index (χ4v) is 1.45. The molecular weight excluding hydrogens is 138 g/mol. The van der Waals surface area contributed by atoms with Crippen LogP contribution in [0.4, 0.5) is 0 Å². The van der Waals surface area contributed by atoms with Gasteiger partial charge in [-0.2, -0.15) is 0 Å². The molecule has 1 rings (SSSR count). The van der Waals surface area contributed by atoms with Gasteiger partial charge in [-0.05, 0) is 25.8 Å². The molecule has 0 amide bonds. The van der Waals surface area contributed by atoms with Crippen molar-refractivity contribution in [3.63, 3.8) is 0 Å². The smallest absolute Gasteiger partial charge is 0.0598 e. The van der Waals surface area contributed by atoms with Gasteiger partial charge in [0.2, 0.25) is 0 Å². The molecule has 1 aliphatic rings. The molecule has 1 aliphatic heterocycles. The first-order valence-corrected chi connectivity index (χ1v) is 4.49. The molecule has 0 aromatic heterocycles. The van der Waals surface area contributed by atoms with E-state index in [1.807, 2.05) is 0 Å². The zero-order valence-corrected chi connectivity index (χ0v) is 7.38. The maximum absolute atomic E-state index is 5.46. The standard InChI is InChI=1S/C9H18NO/c1-3-7-11-8-9-5-4-6-10(9)2/h9H,2-8H2,1H3/q-1/t9-/m0/s1. The van der Waals surface area contributed by atoms with E-state index in [0.29, 0.717) is 6.04 Å². The molecule has 0 bridgehead atoms. The highest BCUT2D eigenvalue weighted by Gasteiger charge is 2.15. The molecule has 0 unspecified atom stereocenters. The lowest BCUT2D eigenvalue weighted by Gasteiger charge is -2.26. The fourth-order valence-electron chi connectivity index (χ4n) is 1.45. The van der Waals surface area contributed by atoms with Crippen LogP contribution in [0.25, 0.3) is 0 Å². The van der Waals surface area contributed by atoms with Gasteiger partial charge in [-0.25, -0.2) is 0 Å². The Morgan fingerprint density at radius 2 is 2.45 bits per heavy atom. The van der Waals surface area contributed by atoms with Gasteiger partial charge in [0.15, 0.2) is 0 Å². The van der Waals surface area contributed by atoms with E-state index in [2.05, 4.69) is 18.9 Å². The van der Waals surface area contributed by atoms with Gasteiger partial charge in [0.05, 0.1) is 6.61 Å². The number of likely N-dealkylation sites (tertiary alicyclic amines) is 1. The van der Waals surface area contributed by atoms with Crippen molar-refractivity contribution >= 4 is 0 Å². The van der Waals surface area contributed by atoms with Crippen LogP contribution in [-0.4, -0.2) is 30.7 Å². The predicted octanol–water partition coefficient (Wildman–Crippen LogP) is 1.67. The van der Waals surface area contributed by atoms with E-state index >= 15 is 0 Å². The molecule has 1 fully saturated rings. The average Bonchev–Trinajstić information content (AvgIpc) is 2.37. The Labute approximate surface area is 69.5 Å². The van der Waals surface area contributed by atoms with E-state index in [1.54, 1.807) is 0 Å². The molecule has 0 saturated carbocycles. The molecule has 0 aromatic rings. The van der Waals surface area contributed by atoms with E-state index in [-0.39, 0.29) is 0 Å². The van der Waals surface area contributed by atoms with Crippen molar-refractivity contribution in [3.8, 4) is 0 Å². The van der Waals surface area contributed by atoms with Gasteiger partial charge in [-0.1, -0.05) is 6.92 Å². The lowest BCUT2D eigenvalue weighted by molar-refractivity contribution is 0.0912. The Morgan fingerprint density at radius 3 is 3.00 bits per heavy atom. The summed E-state index contributed by atoms with van der Waals surface area (Å²) in [4.78, 5) is 2.15. The summed E-state index contributed by atoms with van der Waals surface area (Å²) in [6, 6.07) is 0.585. The third kappa shape index (κ3) is 2.80. The van der Waals surface area contributed by atoms with Gasteiger partial charge in [-0.3, -0.25) is 7.05 Å². The highest BCUT2D eigenvalue weighted by atomic mass is 16.5.